The second-order valence-corrected chi connectivity index (χ2v) is 5.30. The minimum absolute atomic E-state index is 0.0669. The number of rotatable bonds is 2. The van der Waals surface area contributed by atoms with Crippen molar-refractivity contribution in [2.24, 2.45) is 5.92 Å². The van der Waals surface area contributed by atoms with E-state index in [1.165, 1.54) is 0 Å². The molecule has 0 spiro atoms. The van der Waals surface area contributed by atoms with Gasteiger partial charge in [-0.3, -0.25) is 0 Å². The van der Waals surface area contributed by atoms with Gasteiger partial charge >= 0.3 is 0 Å². The fourth-order valence-electron chi connectivity index (χ4n) is 1.51. The summed E-state index contributed by atoms with van der Waals surface area (Å²) in [5.41, 5.74) is 2.76. The summed E-state index contributed by atoms with van der Waals surface area (Å²) >= 11 is 0. The van der Waals surface area contributed by atoms with Gasteiger partial charge in [0.2, 0.25) is 0 Å². The van der Waals surface area contributed by atoms with Crippen molar-refractivity contribution in [3.05, 3.63) is 60.7 Å². The first kappa shape index (κ1) is 19.8. The molecule has 0 atom stereocenters. The Morgan fingerprint density at radius 2 is 1.14 bits per heavy atom. The molecule has 2 rings (SSSR count). The van der Waals surface area contributed by atoms with E-state index in [2.05, 4.69) is 27.4 Å². The molecular weight excluding hydrogens is 272 g/mol. The Labute approximate surface area is 134 Å². The highest BCUT2D eigenvalue weighted by molar-refractivity contribution is 5.67. The van der Waals surface area contributed by atoms with Crippen LogP contribution < -0.4 is 0 Å². The van der Waals surface area contributed by atoms with Gasteiger partial charge in [0.1, 0.15) is 11.5 Å². The first-order valence-corrected chi connectivity index (χ1v) is 7.68. The number of aliphatic hydroxyl groups is 1. The summed E-state index contributed by atoms with van der Waals surface area (Å²) in [6.45, 7) is 14.0. The Balaban J connectivity index is 0.000000640. The molecule has 0 heterocycles. The fraction of sp³-hybridized carbons (Fsp3) is 0.300. The van der Waals surface area contributed by atoms with Gasteiger partial charge in [-0.15, -0.1) is 0 Å². The zero-order valence-corrected chi connectivity index (χ0v) is 14.3. The molecule has 2 aromatic carbocycles. The summed E-state index contributed by atoms with van der Waals surface area (Å²) in [5.74, 6) is 1.15. The zero-order chi connectivity index (χ0) is 17.1. The third-order valence-electron chi connectivity index (χ3n) is 2.42. The first-order valence-electron chi connectivity index (χ1n) is 7.68. The third-order valence-corrected chi connectivity index (χ3v) is 2.42. The van der Waals surface area contributed by atoms with Gasteiger partial charge in [0.15, 0.2) is 0 Å². The molecule has 0 saturated carbocycles. The normalized spacial score (nSPS) is 9.18. The monoisotopic (exact) mass is 300 g/mol. The molecule has 2 N–H and O–H groups in total. The van der Waals surface area contributed by atoms with E-state index in [1.54, 1.807) is 12.1 Å². The fourth-order valence-corrected chi connectivity index (χ4v) is 1.51. The number of hydrogen-bond acceptors (Lipinski definition) is 2. The van der Waals surface area contributed by atoms with Gasteiger partial charge < -0.3 is 10.2 Å². The van der Waals surface area contributed by atoms with Crippen LogP contribution in [0.2, 0.25) is 0 Å². The Hall–Kier alpha value is -2.22. The van der Waals surface area contributed by atoms with Crippen molar-refractivity contribution in [1.82, 2.24) is 0 Å². The van der Waals surface area contributed by atoms with Crippen LogP contribution in [-0.4, -0.2) is 10.2 Å². The molecular formula is C20H28O2. The molecule has 0 aromatic heterocycles. The molecule has 0 radical (unpaired) electrons. The Kier molecular flexibility index (Phi) is 9.44. The summed E-state index contributed by atoms with van der Waals surface area (Å²) in [7, 11) is 0. The van der Waals surface area contributed by atoms with Gasteiger partial charge in [-0.2, -0.15) is 0 Å². The number of phenols is 1. The number of aromatic hydroxyl groups is 1. The van der Waals surface area contributed by atoms with E-state index in [0.717, 1.165) is 17.0 Å². The highest BCUT2D eigenvalue weighted by atomic mass is 16.3. The van der Waals surface area contributed by atoms with Crippen molar-refractivity contribution in [3.8, 4) is 16.9 Å². The second kappa shape index (κ2) is 10.5. The van der Waals surface area contributed by atoms with E-state index in [1.807, 2.05) is 50.2 Å². The van der Waals surface area contributed by atoms with Crippen molar-refractivity contribution in [3.63, 3.8) is 0 Å². The van der Waals surface area contributed by atoms with Crippen LogP contribution in [0.5, 0.6) is 5.75 Å². The average molecular weight is 300 g/mol. The Morgan fingerprint density at radius 3 is 1.45 bits per heavy atom. The van der Waals surface area contributed by atoms with Gasteiger partial charge in [-0.1, -0.05) is 77.6 Å². The Morgan fingerprint density at radius 1 is 0.818 bits per heavy atom. The van der Waals surface area contributed by atoms with Crippen molar-refractivity contribution in [1.29, 1.82) is 0 Å². The molecule has 0 bridgehead atoms. The van der Waals surface area contributed by atoms with Gasteiger partial charge in [0, 0.05) is 5.56 Å². The third kappa shape index (κ3) is 7.53. The molecule has 0 aliphatic rings. The molecule has 0 fully saturated rings. The van der Waals surface area contributed by atoms with Gasteiger partial charge in [0.25, 0.3) is 0 Å². The van der Waals surface area contributed by atoms with Gasteiger partial charge in [-0.05, 0) is 29.2 Å². The molecule has 0 saturated heterocycles. The zero-order valence-electron chi connectivity index (χ0n) is 14.3. The van der Waals surface area contributed by atoms with Crippen LogP contribution in [-0.2, 0) is 0 Å². The SMILES string of the molecule is C=C(O)c1ccc(-c2ccc(O)cc2)cc1.CC.CC(C)C. The Bertz CT molecular complexity index is 534. The number of phenolic OH excluding ortho intramolecular Hbond substituents is 1. The van der Waals surface area contributed by atoms with E-state index in [-0.39, 0.29) is 11.5 Å². The molecule has 2 heteroatoms. The lowest BCUT2D eigenvalue weighted by molar-refractivity contribution is 0.475. The smallest absolute Gasteiger partial charge is 0.115 e. The maximum Gasteiger partial charge on any atom is 0.115 e. The quantitative estimate of drug-likeness (QED) is 0.641. The van der Waals surface area contributed by atoms with E-state index >= 15 is 0 Å². The van der Waals surface area contributed by atoms with Crippen LogP contribution in [0.15, 0.2) is 55.1 Å². The van der Waals surface area contributed by atoms with Gasteiger partial charge in [-0.25, -0.2) is 0 Å². The number of benzene rings is 2. The topological polar surface area (TPSA) is 40.5 Å². The molecule has 2 nitrogen and oxygen atoms in total. The molecule has 120 valence electrons. The molecule has 0 aliphatic carbocycles. The largest absolute Gasteiger partial charge is 0.508 e. The lowest BCUT2D eigenvalue weighted by Gasteiger charge is -2.03. The van der Waals surface area contributed by atoms with Crippen LogP contribution in [0.25, 0.3) is 16.9 Å². The average Bonchev–Trinajstić information content (AvgIpc) is 2.49. The molecule has 22 heavy (non-hydrogen) atoms. The van der Waals surface area contributed by atoms with Gasteiger partial charge in [0.05, 0.1) is 0 Å². The predicted octanol–water partition coefficient (Wildman–Crippen LogP) is 6.28. The van der Waals surface area contributed by atoms with Crippen molar-refractivity contribution < 1.29 is 10.2 Å². The van der Waals surface area contributed by atoms with Crippen molar-refractivity contribution in [2.45, 2.75) is 34.6 Å². The maximum absolute atomic E-state index is 9.19. The highest BCUT2D eigenvalue weighted by Gasteiger charge is 1.99. The molecule has 0 aliphatic heterocycles. The van der Waals surface area contributed by atoms with Crippen molar-refractivity contribution >= 4 is 5.76 Å². The van der Waals surface area contributed by atoms with E-state index in [9.17, 15) is 10.2 Å². The first-order chi connectivity index (χ1) is 10.4. The number of hydrogen-bond donors (Lipinski definition) is 2. The van der Waals surface area contributed by atoms with Crippen LogP contribution >= 0.6 is 0 Å². The maximum atomic E-state index is 9.19. The second-order valence-electron chi connectivity index (χ2n) is 5.30. The predicted molar refractivity (Wildman–Crippen MR) is 97.1 cm³/mol. The summed E-state index contributed by atoms with van der Waals surface area (Å²) < 4.78 is 0. The van der Waals surface area contributed by atoms with E-state index in [0.29, 0.717) is 5.56 Å². The van der Waals surface area contributed by atoms with Crippen LogP contribution in [0.1, 0.15) is 40.2 Å². The van der Waals surface area contributed by atoms with E-state index in [4.69, 9.17) is 0 Å². The lowest BCUT2D eigenvalue weighted by atomic mass is 10.0. The number of aliphatic hydroxyl groups excluding tert-OH is 1. The minimum atomic E-state index is 0.0669. The summed E-state index contributed by atoms with van der Waals surface area (Å²) in [6, 6.07) is 14.4. The summed E-state index contributed by atoms with van der Waals surface area (Å²) in [4.78, 5) is 0. The molecule has 0 amide bonds. The van der Waals surface area contributed by atoms with E-state index < -0.39 is 0 Å². The van der Waals surface area contributed by atoms with Crippen LogP contribution in [0.4, 0.5) is 0 Å². The summed E-state index contributed by atoms with van der Waals surface area (Å²) in [6.07, 6.45) is 0. The van der Waals surface area contributed by atoms with Crippen molar-refractivity contribution in [2.75, 3.05) is 0 Å². The molecule has 2 aromatic rings. The van der Waals surface area contributed by atoms with Crippen LogP contribution in [0, 0.1) is 5.92 Å². The highest BCUT2D eigenvalue weighted by Crippen LogP contribution is 2.23. The minimum Gasteiger partial charge on any atom is -0.508 e. The van der Waals surface area contributed by atoms with Crippen LogP contribution in [0.3, 0.4) is 0 Å². The summed E-state index contributed by atoms with van der Waals surface area (Å²) in [5, 5.41) is 18.4. The lowest BCUT2D eigenvalue weighted by Crippen LogP contribution is -1.81. The molecule has 0 unspecified atom stereocenters. The standard InChI is InChI=1S/C14H12O2.C4H10.C2H6/c1-10(15)11-2-4-12(5-3-11)13-6-8-14(16)9-7-13;1-4(2)3;1-2/h2-9,15-16H,1H2;4H,1-3H3;1-2H3.